The number of aryl methyl sites for hydroxylation is 2. The summed E-state index contributed by atoms with van der Waals surface area (Å²) in [5, 5.41) is 11.7. The van der Waals surface area contributed by atoms with E-state index in [0.717, 1.165) is 26.7 Å². The van der Waals surface area contributed by atoms with E-state index in [-0.39, 0.29) is 11.3 Å². The number of nitrogens with zero attached hydrogens (tertiary/aromatic N) is 2. The van der Waals surface area contributed by atoms with Gasteiger partial charge in [0, 0.05) is 10.0 Å². The van der Waals surface area contributed by atoms with Gasteiger partial charge >= 0.3 is 5.91 Å². The summed E-state index contributed by atoms with van der Waals surface area (Å²) in [5.41, 5.74) is 4.22. The Bertz CT molecular complexity index is 1470. The molecule has 1 fully saturated rings. The van der Waals surface area contributed by atoms with Gasteiger partial charge in [-0.05, 0) is 48.7 Å². The third-order valence-corrected chi connectivity index (χ3v) is 7.50. The smallest absolute Gasteiger partial charge is 0.301 e. The zero-order valence-corrected chi connectivity index (χ0v) is 21.0. The highest BCUT2D eigenvalue weighted by atomic mass is 79.9. The summed E-state index contributed by atoms with van der Waals surface area (Å²) in [6.07, 6.45) is 0.891. The molecule has 1 saturated heterocycles. The Hall–Kier alpha value is -3.29. The maximum absolute atomic E-state index is 13.4. The Morgan fingerprint density at radius 2 is 1.85 bits per heavy atom. The van der Waals surface area contributed by atoms with Gasteiger partial charge in [0.15, 0.2) is 5.13 Å². The molecular weight excluding hydrogens is 512 g/mol. The standard InChI is InChI=1S/C27H21BrN2O3S/c1-3-16-9-12-20-21(13-16)34-27(29-20)30-23(18-5-4-6-19(28)14-18)22(25(32)26(30)33)24(31)17-10-7-15(2)8-11-17/h4-14,23,31H,3H2,1-2H3/b24-22+/t23-/m1/s1. The fourth-order valence-corrected chi connectivity index (χ4v) is 5.64. The molecule has 1 amide bonds. The van der Waals surface area contributed by atoms with E-state index in [0.29, 0.717) is 16.3 Å². The molecule has 1 aliphatic heterocycles. The van der Waals surface area contributed by atoms with Gasteiger partial charge in [0.25, 0.3) is 5.78 Å². The molecule has 0 unspecified atom stereocenters. The number of Topliss-reactive ketones (excluding diaryl/α,β-unsaturated/α-hetero) is 1. The largest absolute Gasteiger partial charge is 0.507 e. The number of hydrogen-bond donors (Lipinski definition) is 1. The lowest BCUT2D eigenvalue weighted by molar-refractivity contribution is -0.132. The van der Waals surface area contributed by atoms with Crippen LogP contribution in [0, 0.1) is 6.92 Å². The molecule has 1 N–H and O–H groups in total. The summed E-state index contributed by atoms with van der Waals surface area (Å²) in [7, 11) is 0. The molecule has 1 aromatic heterocycles. The van der Waals surface area contributed by atoms with Crippen molar-refractivity contribution in [2.45, 2.75) is 26.3 Å². The van der Waals surface area contributed by atoms with E-state index in [1.54, 1.807) is 12.1 Å². The van der Waals surface area contributed by atoms with Gasteiger partial charge in [0.05, 0.1) is 21.8 Å². The number of aliphatic hydroxyl groups excluding tert-OH is 1. The van der Waals surface area contributed by atoms with Crippen molar-refractivity contribution in [3.05, 3.63) is 99.0 Å². The molecule has 7 heteroatoms. The van der Waals surface area contributed by atoms with Gasteiger partial charge in [-0.2, -0.15) is 0 Å². The molecule has 2 heterocycles. The first-order valence-electron chi connectivity index (χ1n) is 10.9. The number of aromatic nitrogens is 1. The Morgan fingerprint density at radius 1 is 1.09 bits per heavy atom. The first-order chi connectivity index (χ1) is 16.4. The third-order valence-electron chi connectivity index (χ3n) is 5.99. The first kappa shape index (κ1) is 22.5. The van der Waals surface area contributed by atoms with Crippen molar-refractivity contribution in [2.75, 3.05) is 4.90 Å². The van der Waals surface area contributed by atoms with Crippen molar-refractivity contribution in [1.82, 2.24) is 4.98 Å². The lowest BCUT2D eigenvalue weighted by Crippen LogP contribution is -2.29. The number of hydrogen-bond acceptors (Lipinski definition) is 5. The number of benzene rings is 3. The summed E-state index contributed by atoms with van der Waals surface area (Å²) >= 11 is 4.86. The fourth-order valence-electron chi connectivity index (χ4n) is 4.17. The molecule has 0 saturated carbocycles. The molecule has 5 rings (SSSR count). The average Bonchev–Trinajstić information content (AvgIpc) is 3.36. The van der Waals surface area contributed by atoms with Gasteiger partial charge in [-0.3, -0.25) is 14.5 Å². The number of thiazole rings is 1. The normalized spacial score (nSPS) is 17.6. The van der Waals surface area contributed by atoms with Gasteiger partial charge in [-0.15, -0.1) is 0 Å². The summed E-state index contributed by atoms with van der Waals surface area (Å²) < 4.78 is 1.76. The first-order valence-corrected chi connectivity index (χ1v) is 12.5. The highest BCUT2D eigenvalue weighted by Crippen LogP contribution is 2.44. The lowest BCUT2D eigenvalue weighted by Gasteiger charge is -2.23. The molecular formula is C27H21BrN2O3S. The highest BCUT2D eigenvalue weighted by Gasteiger charge is 2.48. The predicted molar refractivity (Wildman–Crippen MR) is 139 cm³/mol. The van der Waals surface area contributed by atoms with E-state index in [4.69, 9.17) is 0 Å². The maximum Gasteiger partial charge on any atom is 0.301 e. The average molecular weight is 533 g/mol. The van der Waals surface area contributed by atoms with Crippen LogP contribution in [0.3, 0.4) is 0 Å². The van der Waals surface area contributed by atoms with Gasteiger partial charge in [0.1, 0.15) is 5.76 Å². The minimum absolute atomic E-state index is 0.0560. The van der Waals surface area contributed by atoms with Crippen LogP contribution in [0.15, 0.2) is 76.8 Å². The minimum atomic E-state index is -0.801. The van der Waals surface area contributed by atoms with Crippen LogP contribution in [0.5, 0.6) is 0 Å². The molecule has 0 bridgehead atoms. The predicted octanol–water partition coefficient (Wildman–Crippen LogP) is 6.56. The monoisotopic (exact) mass is 532 g/mol. The van der Waals surface area contributed by atoms with E-state index >= 15 is 0 Å². The van der Waals surface area contributed by atoms with Gasteiger partial charge in [0.2, 0.25) is 0 Å². The Morgan fingerprint density at radius 3 is 2.56 bits per heavy atom. The fraction of sp³-hybridized carbons (Fsp3) is 0.148. The van der Waals surface area contributed by atoms with Crippen LogP contribution in [-0.4, -0.2) is 21.8 Å². The van der Waals surface area contributed by atoms with E-state index in [9.17, 15) is 14.7 Å². The second-order valence-electron chi connectivity index (χ2n) is 8.24. The van der Waals surface area contributed by atoms with Crippen LogP contribution in [0.2, 0.25) is 0 Å². The zero-order chi connectivity index (χ0) is 24.0. The summed E-state index contributed by atoms with van der Waals surface area (Å²) in [5.74, 6) is -1.62. The topological polar surface area (TPSA) is 70.5 Å². The van der Waals surface area contributed by atoms with Crippen LogP contribution in [0.1, 0.15) is 35.2 Å². The third kappa shape index (κ3) is 3.85. The molecule has 170 valence electrons. The van der Waals surface area contributed by atoms with Crippen LogP contribution < -0.4 is 4.90 Å². The summed E-state index contributed by atoms with van der Waals surface area (Å²) in [4.78, 5) is 32.8. The van der Waals surface area contributed by atoms with Crippen LogP contribution in [0.25, 0.3) is 16.0 Å². The molecule has 3 aromatic carbocycles. The van der Waals surface area contributed by atoms with Crippen molar-refractivity contribution in [2.24, 2.45) is 0 Å². The van der Waals surface area contributed by atoms with Crippen molar-refractivity contribution in [1.29, 1.82) is 0 Å². The van der Waals surface area contributed by atoms with E-state index < -0.39 is 17.7 Å². The van der Waals surface area contributed by atoms with Gasteiger partial charge in [-0.1, -0.05) is 82.2 Å². The number of aliphatic hydroxyl groups is 1. The number of fused-ring (bicyclic) bond motifs is 1. The molecule has 0 spiro atoms. The van der Waals surface area contributed by atoms with Gasteiger partial charge < -0.3 is 5.11 Å². The van der Waals surface area contributed by atoms with E-state index in [1.165, 1.54) is 21.8 Å². The number of anilines is 1. The van der Waals surface area contributed by atoms with Crippen molar-refractivity contribution >= 4 is 60.1 Å². The van der Waals surface area contributed by atoms with Crippen LogP contribution >= 0.6 is 27.3 Å². The van der Waals surface area contributed by atoms with Crippen molar-refractivity contribution in [3.63, 3.8) is 0 Å². The minimum Gasteiger partial charge on any atom is -0.507 e. The SMILES string of the molecule is CCc1ccc2nc(N3C(=O)C(=O)/C(=C(/O)c4ccc(C)cc4)[C@H]3c3cccc(Br)c3)sc2c1. The molecule has 0 radical (unpaired) electrons. The summed E-state index contributed by atoms with van der Waals surface area (Å²) in [6.45, 7) is 4.03. The molecule has 0 aliphatic carbocycles. The molecule has 1 atom stereocenters. The van der Waals surface area contributed by atoms with E-state index in [2.05, 4.69) is 33.9 Å². The second kappa shape index (κ2) is 8.81. The second-order valence-corrected chi connectivity index (χ2v) is 10.2. The molecule has 1 aliphatic rings. The highest BCUT2D eigenvalue weighted by molar-refractivity contribution is 9.10. The number of rotatable bonds is 4. The lowest BCUT2D eigenvalue weighted by atomic mass is 9.95. The van der Waals surface area contributed by atoms with Crippen molar-refractivity contribution < 1.29 is 14.7 Å². The quantitative estimate of drug-likeness (QED) is 0.183. The van der Waals surface area contributed by atoms with Crippen LogP contribution in [-0.2, 0) is 16.0 Å². The van der Waals surface area contributed by atoms with Crippen molar-refractivity contribution in [3.8, 4) is 0 Å². The molecule has 34 heavy (non-hydrogen) atoms. The number of carbonyl (C=O) groups is 2. The summed E-state index contributed by atoms with van der Waals surface area (Å²) in [6, 6.07) is 19.9. The number of amides is 1. The van der Waals surface area contributed by atoms with E-state index in [1.807, 2.05) is 55.5 Å². The zero-order valence-electron chi connectivity index (χ0n) is 18.6. The number of halogens is 1. The Balaban J connectivity index is 1.72. The number of ketones is 1. The Labute approximate surface area is 209 Å². The number of carbonyl (C=O) groups excluding carboxylic acids is 2. The van der Waals surface area contributed by atoms with Crippen LogP contribution in [0.4, 0.5) is 5.13 Å². The van der Waals surface area contributed by atoms with Gasteiger partial charge in [-0.25, -0.2) is 4.98 Å². The molecule has 5 nitrogen and oxygen atoms in total. The molecule has 4 aromatic rings. The Kier molecular flexibility index (Phi) is 5.83. The maximum atomic E-state index is 13.4.